The average molecular weight is 937 g/mol. The lowest BCUT2D eigenvalue weighted by atomic mass is 9.73. The maximum absolute atomic E-state index is 14.9. The van der Waals surface area contributed by atoms with Crippen LogP contribution in [0.5, 0.6) is 0 Å². The third-order valence-electron chi connectivity index (χ3n) is 15.6. The number of aliphatic hydroxyl groups is 1. The van der Waals surface area contributed by atoms with Gasteiger partial charge < -0.3 is 30.9 Å². The van der Waals surface area contributed by atoms with Crippen molar-refractivity contribution in [2.24, 2.45) is 22.2 Å². The molecule has 68 heavy (non-hydrogen) atoms. The number of amides is 4. The first-order valence-corrected chi connectivity index (χ1v) is 25.9. The molecule has 0 bridgehead atoms. The number of anilines is 2. The van der Waals surface area contributed by atoms with Crippen LogP contribution in [0, 0.1) is 17.3 Å². The molecule has 12 nitrogen and oxygen atoms in total. The van der Waals surface area contributed by atoms with Gasteiger partial charge >= 0.3 is 0 Å². The highest BCUT2D eigenvalue weighted by molar-refractivity contribution is 6.42. The maximum Gasteiger partial charge on any atom is 0.246 e. The Hall–Kier alpha value is -5.00. The van der Waals surface area contributed by atoms with Gasteiger partial charge in [-0.15, -0.1) is 0 Å². The molecule has 374 valence electrons. The number of nitrogens with zero attached hydrogens (tertiary/aromatic N) is 3. The molecule has 0 spiro atoms. The van der Waals surface area contributed by atoms with Gasteiger partial charge in [0.05, 0.1) is 22.5 Å². The summed E-state index contributed by atoms with van der Waals surface area (Å²) in [5.74, 6) is -1.17. The van der Waals surface area contributed by atoms with E-state index in [9.17, 15) is 29.1 Å². The van der Waals surface area contributed by atoms with Crippen molar-refractivity contribution in [3.05, 3.63) is 63.6 Å². The van der Waals surface area contributed by atoms with Crippen LogP contribution in [-0.2, 0) is 29.4 Å². The number of benzene rings is 1. The predicted octanol–water partition coefficient (Wildman–Crippen LogP) is 10.8. The van der Waals surface area contributed by atoms with Crippen molar-refractivity contribution < 1.29 is 29.1 Å². The summed E-state index contributed by atoms with van der Waals surface area (Å²) in [6.07, 6.45) is 12.0. The molecule has 4 unspecified atom stereocenters. The lowest BCUT2D eigenvalue weighted by Gasteiger charge is -2.34. The maximum atomic E-state index is 14.9. The number of Topliss-reactive ketones (excluding diaryl/α,β-unsaturated/α-hetero) is 1. The van der Waals surface area contributed by atoms with Crippen LogP contribution in [0.1, 0.15) is 185 Å². The van der Waals surface area contributed by atoms with Gasteiger partial charge in [-0.25, -0.2) is 4.99 Å². The van der Waals surface area contributed by atoms with Crippen molar-refractivity contribution in [2.45, 2.75) is 204 Å². The fraction of sp³-hybridized carbons (Fsp3) is 0.643. The lowest BCUT2D eigenvalue weighted by molar-refractivity contribution is -0.125. The molecule has 0 aromatic heterocycles. The number of rotatable bonds is 22. The van der Waals surface area contributed by atoms with Crippen LogP contribution in [0.2, 0.25) is 0 Å². The lowest BCUT2D eigenvalue weighted by Crippen LogP contribution is -2.42. The molecule has 5 rings (SSSR count). The number of carbonyl (C=O) groups is 5. The fourth-order valence-electron chi connectivity index (χ4n) is 10.6. The molecule has 0 radical (unpaired) electrons. The number of nitrogens with one attached hydrogen (secondary N) is 3. The molecular formula is C56H84N6O6. The summed E-state index contributed by atoms with van der Waals surface area (Å²) < 4.78 is 0. The van der Waals surface area contributed by atoms with E-state index < -0.39 is 11.7 Å². The van der Waals surface area contributed by atoms with Gasteiger partial charge in [0.15, 0.2) is 0 Å². The zero-order chi connectivity index (χ0) is 50.4. The molecule has 4 amide bonds. The third-order valence-corrected chi connectivity index (χ3v) is 15.6. The first-order valence-electron chi connectivity index (χ1n) is 25.9. The van der Waals surface area contributed by atoms with Gasteiger partial charge in [0, 0.05) is 96.3 Å². The van der Waals surface area contributed by atoms with Crippen molar-refractivity contribution in [1.29, 1.82) is 0 Å². The molecule has 0 saturated carbocycles. The zero-order valence-electron chi connectivity index (χ0n) is 44.0. The number of aliphatic hydroxyl groups excluding tert-OH is 1. The standard InChI is InChI=1S/C56H84N6O6/c1-15-19-21-37(17-3)31-57-47(63)23-25-49(65)59-43-29-45-41(55(11,12)35(9)61(45)33(5)6)27-39(43)51-53(67)52(54(51)68)40-28-42-46(62(34(7)8)36(10)56(42,13)14)30-44(40)60-50(66)26-24-48(64)58-32-38(18-4)22-20-16-2/h27-30,33-38,67H,15-26,31-32H2,1-14H3,(H,57,63)(H,58,64)(H,59,65). The van der Waals surface area contributed by atoms with E-state index in [1.54, 1.807) is 0 Å². The van der Waals surface area contributed by atoms with Crippen molar-refractivity contribution in [3.8, 4) is 0 Å². The van der Waals surface area contributed by atoms with Crippen molar-refractivity contribution >= 4 is 52.1 Å². The first-order chi connectivity index (χ1) is 32.0. The van der Waals surface area contributed by atoms with E-state index in [0.29, 0.717) is 41.7 Å². The summed E-state index contributed by atoms with van der Waals surface area (Å²) >= 11 is 0. The average Bonchev–Trinajstić information content (AvgIpc) is 3.60. The molecule has 1 aromatic rings. The third kappa shape index (κ3) is 11.4. The summed E-state index contributed by atoms with van der Waals surface area (Å²) in [6, 6.07) is 4.24. The van der Waals surface area contributed by atoms with Gasteiger partial charge in [0.1, 0.15) is 5.76 Å². The second-order valence-electron chi connectivity index (χ2n) is 21.5. The summed E-state index contributed by atoms with van der Waals surface area (Å²) in [4.78, 5) is 77.5. The van der Waals surface area contributed by atoms with Crippen LogP contribution >= 0.6 is 0 Å². The summed E-state index contributed by atoms with van der Waals surface area (Å²) in [6.45, 7) is 31.2. The van der Waals surface area contributed by atoms with E-state index >= 15 is 0 Å². The smallest absolute Gasteiger partial charge is 0.246 e. The first kappa shape index (κ1) is 53.9. The Morgan fingerprint density at radius 3 is 1.76 bits per heavy atom. The number of carbonyl (C=O) groups excluding carboxylic acids is 5. The highest BCUT2D eigenvalue weighted by atomic mass is 16.3. The highest BCUT2D eigenvalue weighted by Crippen LogP contribution is 2.53. The van der Waals surface area contributed by atoms with Crippen molar-refractivity contribution in [1.82, 2.24) is 15.5 Å². The minimum atomic E-state index is -0.498. The Labute approximate surface area is 408 Å². The Bertz CT molecular complexity index is 2260. The minimum absolute atomic E-state index is 0.0128. The van der Waals surface area contributed by atoms with Crippen LogP contribution in [-0.4, -0.2) is 82.4 Å². The van der Waals surface area contributed by atoms with Gasteiger partial charge in [-0.3, -0.25) is 24.0 Å². The number of allylic oxidation sites excluding steroid dienone is 6. The monoisotopic (exact) mass is 937 g/mol. The van der Waals surface area contributed by atoms with E-state index in [0.717, 1.165) is 73.9 Å². The highest BCUT2D eigenvalue weighted by Gasteiger charge is 2.49. The van der Waals surface area contributed by atoms with E-state index in [2.05, 4.69) is 128 Å². The Kier molecular flexibility index (Phi) is 17.9. The number of ketones is 1. The van der Waals surface area contributed by atoms with Crippen LogP contribution in [0.4, 0.5) is 11.4 Å². The van der Waals surface area contributed by atoms with E-state index in [1.807, 2.05) is 24.3 Å². The second-order valence-corrected chi connectivity index (χ2v) is 21.5. The Balaban J connectivity index is 1.54. The summed E-state index contributed by atoms with van der Waals surface area (Å²) in [5, 5.41) is 21.3. The van der Waals surface area contributed by atoms with E-state index in [4.69, 9.17) is 0 Å². The largest absolute Gasteiger partial charge is 0.506 e. The number of hydrogen-bond acceptors (Lipinski definition) is 8. The van der Waals surface area contributed by atoms with Crippen molar-refractivity contribution in [2.75, 3.05) is 23.3 Å². The molecular weight excluding hydrogens is 853 g/mol. The molecule has 1 fully saturated rings. The van der Waals surface area contributed by atoms with Crippen LogP contribution in [0.15, 0.2) is 57.5 Å². The summed E-state index contributed by atoms with van der Waals surface area (Å²) in [5.41, 5.74) is 4.56. The molecule has 1 aromatic carbocycles. The number of fused-ring (bicyclic) bond motifs is 2. The van der Waals surface area contributed by atoms with E-state index in [1.165, 1.54) is 0 Å². The molecule has 12 heteroatoms. The number of likely N-dealkylation sites (tertiary alicyclic amines) is 1. The zero-order valence-corrected chi connectivity index (χ0v) is 44.0. The number of hydrogen-bond donors (Lipinski definition) is 4. The normalized spacial score (nSPS) is 21.9. The number of unbranched alkanes of at least 4 members (excludes halogenated alkanes) is 2. The predicted molar refractivity (Wildman–Crippen MR) is 277 cm³/mol. The minimum Gasteiger partial charge on any atom is -0.506 e. The molecule has 4 aliphatic rings. The molecule has 4 N–H and O–H groups in total. The Morgan fingerprint density at radius 1 is 0.721 bits per heavy atom. The van der Waals surface area contributed by atoms with Gasteiger partial charge in [0.25, 0.3) is 0 Å². The van der Waals surface area contributed by atoms with Crippen LogP contribution in [0.3, 0.4) is 0 Å². The second kappa shape index (κ2) is 22.6. The topological polar surface area (TPSA) is 161 Å². The molecule has 2 aliphatic heterocycles. The van der Waals surface area contributed by atoms with Gasteiger partial charge in [-0.05, 0) is 102 Å². The van der Waals surface area contributed by atoms with Crippen LogP contribution < -0.4 is 20.9 Å². The quantitative estimate of drug-likeness (QED) is 0.0836. The van der Waals surface area contributed by atoms with Gasteiger partial charge in [0.2, 0.25) is 29.4 Å². The summed E-state index contributed by atoms with van der Waals surface area (Å²) in [7, 11) is 0. The SMILES string of the molecule is CCCCC(CC)CNC(=O)CCC(=O)N=C1C=C2C(=CC1=C1C(=O)C(c3cc4c(cc3NC(=O)CCC(=O)NCC(CC)CCCC)N(C(C)C)C(C)C4(C)C)=C1O)C(C)(C)C(C)N2C(C)C. The van der Waals surface area contributed by atoms with Crippen LogP contribution in [0.25, 0.3) is 5.57 Å². The van der Waals surface area contributed by atoms with E-state index in [-0.39, 0.29) is 101 Å². The molecule has 1 saturated heterocycles. The molecule has 2 aliphatic carbocycles. The molecule has 2 heterocycles. The van der Waals surface area contributed by atoms with Gasteiger partial charge in [-0.2, -0.15) is 0 Å². The van der Waals surface area contributed by atoms with Crippen molar-refractivity contribution in [3.63, 3.8) is 0 Å². The fourth-order valence-corrected chi connectivity index (χ4v) is 10.6. The Morgan fingerprint density at radius 2 is 1.25 bits per heavy atom. The van der Waals surface area contributed by atoms with Gasteiger partial charge in [-0.1, -0.05) is 93.9 Å². The molecule has 4 atom stereocenters. The number of aliphatic imine (C=N–C) groups is 1.